The molecule has 0 unspecified atom stereocenters. The van der Waals surface area contributed by atoms with Crippen molar-refractivity contribution in [3.8, 4) is 0 Å². The molecule has 0 heterocycles. The molecule has 0 aliphatic heterocycles. The molecule has 0 bridgehead atoms. The first kappa shape index (κ1) is 17.0. The molecule has 0 radical (unpaired) electrons. The molecule has 3 N–H and O–H groups in total. The Morgan fingerprint density at radius 1 is 1.22 bits per heavy atom. The first-order chi connectivity index (χ1) is 10.8. The molecule has 8 heteroatoms. The number of rotatable bonds is 3. The van der Waals surface area contributed by atoms with Gasteiger partial charge in [-0.3, -0.25) is 9.59 Å². The number of hydrogen-bond acceptors (Lipinski definition) is 3. The van der Waals surface area contributed by atoms with Crippen LogP contribution in [0.4, 0.5) is 18.9 Å². The fourth-order valence-electron chi connectivity index (χ4n) is 2.21. The van der Waals surface area contributed by atoms with Crippen molar-refractivity contribution >= 4 is 17.5 Å². The third kappa shape index (κ3) is 4.56. The lowest BCUT2D eigenvalue weighted by Crippen LogP contribution is -2.40. The zero-order valence-electron chi connectivity index (χ0n) is 11.9. The highest BCUT2D eigenvalue weighted by Crippen LogP contribution is 2.30. The van der Waals surface area contributed by atoms with E-state index in [4.69, 9.17) is 5.11 Å². The second-order valence-corrected chi connectivity index (χ2v) is 5.18. The zero-order chi connectivity index (χ0) is 17.0. The molecule has 124 valence electrons. The van der Waals surface area contributed by atoms with E-state index >= 15 is 0 Å². The fraction of sp³-hybridized carbons (Fsp3) is 0.333. The predicted molar refractivity (Wildman–Crippen MR) is 76.3 cm³/mol. The molecule has 0 spiro atoms. The van der Waals surface area contributed by atoms with Crippen molar-refractivity contribution in [3.05, 3.63) is 42.0 Å². The number of alkyl halides is 3. The summed E-state index contributed by atoms with van der Waals surface area (Å²) in [7, 11) is 0. The van der Waals surface area contributed by atoms with E-state index in [0.717, 1.165) is 18.2 Å². The lowest BCUT2D eigenvalue weighted by Gasteiger charge is -2.13. The van der Waals surface area contributed by atoms with Gasteiger partial charge in [0.25, 0.3) is 0 Å². The van der Waals surface area contributed by atoms with Crippen LogP contribution in [0.5, 0.6) is 0 Å². The summed E-state index contributed by atoms with van der Waals surface area (Å²) in [6.45, 7) is -0.0562. The van der Waals surface area contributed by atoms with Gasteiger partial charge in [0.1, 0.15) is 0 Å². The van der Waals surface area contributed by atoms with E-state index in [1.807, 2.05) is 0 Å². The Morgan fingerprint density at radius 2 is 1.96 bits per heavy atom. The van der Waals surface area contributed by atoms with Crippen molar-refractivity contribution < 1.29 is 27.9 Å². The molecule has 5 nitrogen and oxygen atoms in total. The van der Waals surface area contributed by atoms with Gasteiger partial charge < -0.3 is 15.7 Å². The highest BCUT2D eigenvalue weighted by atomic mass is 19.4. The van der Waals surface area contributed by atoms with Crippen molar-refractivity contribution in [2.75, 3.05) is 11.9 Å². The van der Waals surface area contributed by atoms with Crippen molar-refractivity contribution in [2.24, 2.45) is 5.92 Å². The Kier molecular flexibility index (Phi) is 5.05. The number of carbonyl (C=O) groups is 2. The summed E-state index contributed by atoms with van der Waals surface area (Å²) in [5.41, 5.74) is -1.03. The van der Waals surface area contributed by atoms with Crippen molar-refractivity contribution in [1.82, 2.24) is 5.32 Å². The van der Waals surface area contributed by atoms with Gasteiger partial charge in [-0.1, -0.05) is 18.2 Å². The molecule has 0 saturated heterocycles. The molecule has 2 rings (SSSR count). The summed E-state index contributed by atoms with van der Waals surface area (Å²) in [5, 5.41) is 13.5. The molecule has 23 heavy (non-hydrogen) atoms. The molecule has 1 aliphatic carbocycles. The Bertz CT molecular complexity index is 629. The monoisotopic (exact) mass is 328 g/mol. The predicted octanol–water partition coefficient (Wildman–Crippen LogP) is 1.70. The molecular weight excluding hydrogens is 313 g/mol. The van der Waals surface area contributed by atoms with Crippen LogP contribution in [-0.4, -0.2) is 29.6 Å². The number of anilines is 1. The minimum atomic E-state index is -4.53. The summed E-state index contributed by atoms with van der Waals surface area (Å²) < 4.78 is 37.8. The van der Waals surface area contributed by atoms with Crippen molar-refractivity contribution in [1.29, 1.82) is 0 Å². The van der Waals surface area contributed by atoms with Crippen LogP contribution in [0.15, 0.2) is 36.4 Å². The average Bonchev–Trinajstić information content (AvgIpc) is 2.94. The number of carbonyl (C=O) groups excluding carboxylic acids is 2. The zero-order valence-corrected chi connectivity index (χ0v) is 11.9. The lowest BCUT2D eigenvalue weighted by atomic mass is 10.1. The third-order valence-electron chi connectivity index (χ3n) is 3.38. The minimum Gasteiger partial charge on any atom is -0.396 e. The first-order valence-electron chi connectivity index (χ1n) is 6.88. The maximum absolute atomic E-state index is 12.6. The van der Waals surface area contributed by atoms with Crippen LogP contribution in [0.3, 0.4) is 0 Å². The van der Waals surface area contributed by atoms with Gasteiger partial charge in [-0.05, 0) is 24.6 Å². The van der Waals surface area contributed by atoms with E-state index in [9.17, 15) is 22.8 Å². The van der Waals surface area contributed by atoms with E-state index in [-0.39, 0.29) is 24.3 Å². The molecular formula is C15H15F3N2O3. The van der Waals surface area contributed by atoms with Gasteiger partial charge in [-0.15, -0.1) is 0 Å². The number of hydrogen-bond donors (Lipinski definition) is 3. The van der Waals surface area contributed by atoms with Gasteiger partial charge >= 0.3 is 18.0 Å². The SMILES string of the molecule is O=C(Nc1cccc(C(F)(F)F)c1)C(=O)N[C@@H]1C=C[C@H](CO)C1. The number of amides is 2. The van der Waals surface area contributed by atoms with Gasteiger partial charge in [0, 0.05) is 24.3 Å². The van der Waals surface area contributed by atoms with E-state index in [1.54, 1.807) is 12.2 Å². The summed E-state index contributed by atoms with van der Waals surface area (Å²) in [4.78, 5) is 23.5. The minimum absolute atomic E-state index is 0.0562. The first-order valence-corrected chi connectivity index (χ1v) is 6.88. The summed E-state index contributed by atoms with van der Waals surface area (Å²) in [6.07, 6.45) is -0.665. The molecule has 0 aromatic heterocycles. The van der Waals surface area contributed by atoms with E-state index < -0.39 is 23.6 Å². The third-order valence-corrected chi connectivity index (χ3v) is 3.38. The van der Waals surface area contributed by atoms with Gasteiger partial charge in [-0.2, -0.15) is 13.2 Å². The molecule has 1 aromatic rings. The number of aliphatic hydroxyl groups excluding tert-OH is 1. The molecule has 2 atom stereocenters. The molecule has 0 saturated carbocycles. The second-order valence-electron chi connectivity index (χ2n) is 5.18. The Labute approximate surface area is 130 Å². The fourth-order valence-corrected chi connectivity index (χ4v) is 2.21. The van der Waals surface area contributed by atoms with Crippen LogP contribution in [-0.2, 0) is 15.8 Å². The highest BCUT2D eigenvalue weighted by molar-refractivity contribution is 6.39. The van der Waals surface area contributed by atoms with Crippen molar-refractivity contribution in [3.63, 3.8) is 0 Å². The van der Waals surface area contributed by atoms with Crippen LogP contribution >= 0.6 is 0 Å². The Hall–Kier alpha value is -2.35. The Morgan fingerprint density at radius 3 is 2.57 bits per heavy atom. The molecule has 1 aromatic carbocycles. The normalized spacial score (nSPS) is 20.3. The largest absolute Gasteiger partial charge is 0.416 e. The maximum Gasteiger partial charge on any atom is 0.416 e. The standard InChI is InChI=1S/C15H15F3N2O3/c16-15(17,18)10-2-1-3-11(7-10)19-13(22)14(23)20-12-5-4-9(6-12)8-21/h1-5,7,9,12,21H,6,8H2,(H,19,22)(H,20,23)/t9-,12+/m0/s1. The van der Waals surface area contributed by atoms with Gasteiger partial charge in [0.05, 0.1) is 5.56 Å². The number of benzene rings is 1. The average molecular weight is 328 g/mol. The number of nitrogens with one attached hydrogen (secondary N) is 2. The second kappa shape index (κ2) is 6.82. The van der Waals surface area contributed by atoms with Crippen LogP contribution in [0.1, 0.15) is 12.0 Å². The highest BCUT2D eigenvalue weighted by Gasteiger charge is 2.30. The molecule has 2 amide bonds. The van der Waals surface area contributed by atoms with Gasteiger partial charge in [0.2, 0.25) is 0 Å². The van der Waals surface area contributed by atoms with Crippen LogP contribution in [0.25, 0.3) is 0 Å². The summed E-state index contributed by atoms with van der Waals surface area (Å²) in [6, 6.07) is 3.64. The quantitative estimate of drug-likeness (QED) is 0.584. The number of aliphatic hydroxyl groups is 1. The molecule has 0 fully saturated rings. The van der Waals surface area contributed by atoms with E-state index in [0.29, 0.717) is 6.42 Å². The van der Waals surface area contributed by atoms with E-state index in [1.165, 1.54) is 6.07 Å². The van der Waals surface area contributed by atoms with Crippen LogP contribution in [0.2, 0.25) is 0 Å². The number of halogens is 3. The molecule has 1 aliphatic rings. The van der Waals surface area contributed by atoms with Gasteiger partial charge in [-0.25, -0.2) is 0 Å². The van der Waals surface area contributed by atoms with Gasteiger partial charge in [0.15, 0.2) is 0 Å². The van der Waals surface area contributed by atoms with E-state index in [2.05, 4.69) is 10.6 Å². The summed E-state index contributed by atoms with van der Waals surface area (Å²) >= 11 is 0. The Balaban J connectivity index is 1.94. The van der Waals surface area contributed by atoms with Crippen LogP contribution in [0, 0.1) is 5.92 Å². The van der Waals surface area contributed by atoms with Crippen LogP contribution < -0.4 is 10.6 Å². The maximum atomic E-state index is 12.6. The summed E-state index contributed by atoms with van der Waals surface area (Å²) in [5.74, 6) is -2.08. The lowest BCUT2D eigenvalue weighted by molar-refractivity contribution is -0.137. The smallest absolute Gasteiger partial charge is 0.396 e. The topological polar surface area (TPSA) is 78.4 Å². The van der Waals surface area contributed by atoms with Crippen molar-refractivity contribution in [2.45, 2.75) is 18.6 Å².